The number of nitrogens with zero attached hydrogens (tertiary/aromatic N) is 3. The Hall–Kier alpha value is -2.98. The van der Waals surface area contributed by atoms with E-state index in [2.05, 4.69) is 37.3 Å². The standard InChI is InChI=1S/C17H12BrN5O/c18-11-3-1-10(2-4-11)16-13(7-19)17(22-9-15(20)24)12-5-6-21-8-14(12)23-16/h1-6,8H,9H2,(H2,20,24)(H,22,23). The number of halogens is 1. The first-order chi connectivity index (χ1) is 11.6. The Morgan fingerprint density at radius 3 is 2.71 bits per heavy atom. The number of aromatic nitrogens is 2. The summed E-state index contributed by atoms with van der Waals surface area (Å²) in [6.07, 6.45) is 3.23. The average molecular weight is 382 g/mol. The second-order valence-corrected chi connectivity index (χ2v) is 5.96. The molecule has 0 fully saturated rings. The van der Waals surface area contributed by atoms with E-state index in [1.807, 2.05) is 24.3 Å². The molecule has 118 valence electrons. The number of nitrogens with two attached hydrogens (primary N) is 1. The second kappa shape index (κ2) is 6.64. The molecule has 0 saturated heterocycles. The van der Waals surface area contributed by atoms with Gasteiger partial charge in [-0.25, -0.2) is 4.98 Å². The maximum Gasteiger partial charge on any atom is 0.236 e. The molecule has 24 heavy (non-hydrogen) atoms. The summed E-state index contributed by atoms with van der Waals surface area (Å²) in [5.74, 6) is -0.511. The lowest BCUT2D eigenvalue weighted by molar-refractivity contribution is -0.116. The minimum absolute atomic E-state index is 0.0735. The number of nitrogens with one attached hydrogen (secondary N) is 1. The topological polar surface area (TPSA) is 105 Å². The molecule has 0 aliphatic rings. The van der Waals surface area contributed by atoms with Crippen LogP contribution in [-0.4, -0.2) is 22.4 Å². The van der Waals surface area contributed by atoms with E-state index >= 15 is 0 Å². The van der Waals surface area contributed by atoms with Gasteiger partial charge in [0, 0.05) is 21.6 Å². The van der Waals surface area contributed by atoms with Crippen LogP contribution in [0.1, 0.15) is 5.56 Å². The zero-order valence-corrected chi connectivity index (χ0v) is 14.0. The number of nitriles is 1. The zero-order valence-electron chi connectivity index (χ0n) is 12.5. The van der Waals surface area contributed by atoms with Crippen LogP contribution in [0.2, 0.25) is 0 Å². The van der Waals surface area contributed by atoms with Crippen molar-refractivity contribution in [2.24, 2.45) is 5.73 Å². The van der Waals surface area contributed by atoms with Crippen molar-refractivity contribution in [3.63, 3.8) is 0 Å². The summed E-state index contributed by atoms with van der Waals surface area (Å²) in [5.41, 5.74) is 8.06. The van der Waals surface area contributed by atoms with Crippen LogP contribution in [0, 0.1) is 11.3 Å². The van der Waals surface area contributed by atoms with Crippen molar-refractivity contribution in [3.8, 4) is 17.3 Å². The quantitative estimate of drug-likeness (QED) is 0.722. The predicted molar refractivity (Wildman–Crippen MR) is 95.1 cm³/mol. The molecule has 2 heterocycles. The van der Waals surface area contributed by atoms with Gasteiger partial charge in [-0.05, 0) is 18.2 Å². The highest BCUT2D eigenvalue weighted by Crippen LogP contribution is 2.33. The summed E-state index contributed by atoms with van der Waals surface area (Å²) in [6.45, 7) is -0.0735. The number of fused-ring (bicyclic) bond motifs is 1. The molecule has 3 rings (SSSR count). The highest BCUT2D eigenvalue weighted by Gasteiger charge is 2.17. The van der Waals surface area contributed by atoms with E-state index in [9.17, 15) is 10.1 Å². The second-order valence-electron chi connectivity index (χ2n) is 5.04. The Kier molecular flexibility index (Phi) is 4.40. The van der Waals surface area contributed by atoms with E-state index in [0.29, 0.717) is 27.8 Å². The van der Waals surface area contributed by atoms with Crippen LogP contribution < -0.4 is 11.1 Å². The third-order valence-corrected chi connectivity index (χ3v) is 3.99. The van der Waals surface area contributed by atoms with Crippen LogP contribution in [0.4, 0.5) is 5.69 Å². The maximum absolute atomic E-state index is 11.1. The first-order valence-electron chi connectivity index (χ1n) is 7.06. The van der Waals surface area contributed by atoms with Crippen LogP contribution in [0.5, 0.6) is 0 Å². The number of hydrogen-bond donors (Lipinski definition) is 2. The third-order valence-electron chi connectivity index (χ3n) is 3.46. The smallest absolute Gasteiger partial charge is 0.236 e. The molecule has 0 aliphatic carbocycles. The van der Waals surface area contributed by atoms with E-state index in [1.165, 1.54) is 0 Å². The van der Waals surface area contributed by atoms with Gasteiger partial charge in [0.05, 0.1) is 29.6 Å². The number of rotatable bonds is 4. The molecule has 0 atom stereocenters. The van der Waals surface area contributed by atoms with Crippen LogP contribution in [-0.2, 0) is 4.79 Å². The van der Waals surface area contributed by atoms with Gasteiger partial charge in [0.1, 0.15) is 11.6 Å². The van der Waals surface area contributed by atoms with Gasteiger partial charge in [-0.15, -0.1) is 0 Å². The highest BCUT2D eigenvalue weighted by molar-refractivity contribution is 9.10. The number of pyridine rings is 2. The summed E-state index contributed by atoms with van der Waals surface area (Å²) >= 11 is 3.39. The van der Waals surface area contributed by atoms with E-state index < -0.39 is 5.91 Å². The van der Waals surface area contributed by atoms with Crippen LogP contribution in [0.3, 0.4) is 0 Å². The van der Waals surface area contributed by atoms with Crippen molar-refractivity contribution in [2.45, 2.75) is 0 Å². The summed E-state index contributed by atoms with van der Waals surface area (Å²) in [6, 6.07) is 11.4. The molecule has 0 unspecified atom stereocenters. The molecule has 1 aromatic carbocycles. The minimum atomic E-state index is -0.511. The first kappa shape index (κ1) is 15.9. The average Bonchev–Trinajstić information content (AvgIpc) is 2.59. The molecule has 3 aromatic rings. The van der Waals surface area contributed by atoms with Crippen molar-refractivity contribution in [1.29, 1.82) is 5.26 Å². The number of amides is 1. The van der Waals surface area contributed by atoms with Crippen molar-refractivity contribution in [3.05, 3.63) is 52.8 Å². The monoisotopic (exact) mass is 381 g/mol. The number of primary amides is 1. The molecule has 0 spiro atoms. The molecule has 6 nitrogen and oxygen atoms in total. The zero-order chi connectivity index (χ0) is 17.1. The maximum atomic E-state index is 11.1. The van der Waals surface area contributed by atoms with E-state index in [4.69, 9.17) is 5.73 Å². The van der Waals surface area contributed by atoms with Crippen molar-refractivity contribution < 1.29 is 4.79 Å². The largest absolute Gasteiger partial charge is 0.374 e. The SMILES string of the molecule is N#Cc1c(-c2ccc(Br)cc2)nc2cnccc2c1NCC(N)=O. The number of benzene rings is 1. The lowest BCUT2D eigenvalue weighted by Crippen LogP contribution is -2.22. The Morgan fingerprint density at radius 1 is 1.29 bits per heavy atom. The Balaban J connectivity index is 2.27. The fourth-order valence-electron chi connectivity index (χ4n) is 2.40. The fraction of sp³-hybridized carbons (Fsp3) is 0.0588. The van der Waals surface area contributed by atoms with Gasteiger partial charge < -0.3 is 11.1 Å². The van der Waals surface area contributed by atoms with Crippen LogP contribution in [0.25, 0.3) is 22.2 Å². The molecule has 7 heteroatoms. The van der Waals surface area contributed by atoms with E-state index in [1.54, 1.807) is 18.5 Å². The number of anilines is 1. The number of hydrogen-bond acceptors (Lipinski definition) is 5. The van der Waals surface area contributed by atoms with Gasteiger partial charge in [-0.1, -0.05) is 28.1 Å². The third kappa shape index (κ3) is 3.05. The molecule has 0 saturated carbocycles. The predicted octanol–water partition coefficient (Wildman–Crippen LogP) is 2.83. The van der Waals surface area contributed by atoms with E-state index in [0.717, 1.165) is 10.0 Å². The molecular formula is C17H12BrN5O. The van der Waals surface area contributed by atoms with Crippen molar-refractivity contribution in [2.75, 3.05) is 11.9 Å². The molecular weight excluding hydrogens is 370 g/mol. The van der Waals surface area contributed by atoms with Crippen LogP contribution in [0.15, 0.2) is 47.2 Å². The van der Waals surface area contributed by atoms with Gasteiger partial charge in [0.2, 0.25) is 5.91 Å². The molecule has 1 amide bonds. The number of carbonyl (C=O) groups excluding carboxylic acids is 1. The van der Waals surface area contributed by atoms with Crippen molar-refractivity contribution in [1.82, 2.24) is 9.97 Å². The highest BCUT2D eigenvalue weighted by atomic mass is 79.9. The Bertz CT molecular complexity index is 963. The van der Waals surface area contributed by atoms with Gasteiger partial charge in [0.25, 0.3) is 0 Å². The van der Waals surface area contributed by atoms with Gasteiger partial charge in [0.15, 0.2) is 0 Å². The summed E-state index contributed by atoms with van der Waals surface area (Å²) in [5, 5.41) is 13.3. The molecule has 0 bridgehead atoms. The van der Waals surface area contributed by atoms with Crippen molar-refractivity contribution >= 4 is 38.4 Å². The summed E-state index contributed by atoms with van der Waals surface area (Å²) in [4.78, 5) is 19.8. The minimum Gasteiger partial charge on any atom is -0.374 e. The van der Waals surface area contributed by atoms with Gasteiger partial charge in [-0.3, -0.25) is 9.78 Å². The number of carbonyl (C=O) groups is 1. The van der Waals surface area contributed by atoms with E-state index in [-0.39, 0.29) is 6.54 Å². The fourth-order valence-corrected chi connectivity index (χ4v) is 2.66. The normalized spacial score (nSPS) is 10.3. The Morgan fingerprint density at radius 2 is 2.04 bits per heavy atom. The lowest BCUT2D eigenvalue weighted by atomic mass is 10.0. The molecule has 0 aliphatic heterocycles. The van der Waals surface area contributed by atoms with Gasteiger partial charge in [-0.2, -0.15) is 5.26 Å². The van der Waals surface area contributed by atoms with Gasteiger partial charge >= 0.3 is 0 Å². The summed E-state index contributed by atoms with van der Waals surface area (Å²) in [7, 11) is 0. The molecule has 3 N–H and O–H groups in total. The van der Waals surface area contributed by atoms with Crippen LogP contribution >= 0.6 is 15.9 Å². The Labute approximate surface area is 146 Å². The molecule has 0 radical (unpaired) electrons. The molecule has 2 aromatic heterocycles. The lowest BCUT2D eigenvalue weighted by Gasteiger charge is -2.14. The summed E-state index contributed by atoms with van der Waals surface area (Å²) < 4.78 is 0.930. The first-order valence-corrected chi connectivity index (χ1v) is 7.85.